The smallest absolute Gasteiger partial charge is 0.130 e. The number of hydrogen-bond acceptors (Lipinski definition) is 4. The molecule has 1 atom stereocenters. The molecule has 0 amide bonds. The molecule has 3 aromatic rings. The number of benzene rings is 1. The van der Waals surface area contributed by atoms with Gasteiger partial charge in [0.1, 0.15) is 12.4 Å². The highest BCUT2D eigenvalue weighted by Crippen LogP contribution is 2.26. The summed E-state index contributed by atoms with van der Waals surface area (Å²) in [5.41, 5.74) is 2.93. The van der Waals surface area contributed by atoms with Crippen molar-refractivity contribution in [1.82, 2.24) is 20.0 Å². The fourth-order valence-corrected chi connectivity index (χ4v) is 2.81. The molecular formula is C18H24N4O2. The molecule has 6 heteroatoms. The second-order valence-corrected chi connectivity index (χ2v) is 6.02. The number of fused-ring (bicyclic) bond motifs is 1. The predicted molar refractivity (Wildman–Crippen MR) is 93.2 cm³/mol. The van der Waals surface area contributed by atoms with E-state index in [-0.39, 0.29) is 6.61 Å². The van der Waals surface area contributed by atoms with Gasteiger partial charge in [0.25, 0.3) is 0 Å². The van der Waals surface area contributed by atoms with Gasteiger partial charge in [-0.3, -0.25) is 9.78 Å². The van der Waals surface area contributed by atoms with Crippen LogP contribution in [0.25, 0.3) is 10.9 Å². The van der Waals surface area contributed by atoms with Gasteiger partial charge in [0.05, 0.1) is 22.7 Å². The number of aromatic amines is 1. The van der Waals surface area contributed by atoms with Crippen LogP contribution in [0.15, 0.2) is 30.5 Å². The van der Waals surface area contributed by atoms with Crippen LogP contribution >= 0.6 is 0 Å². The van der Waals surface area contributed by atoms with Gasteiger partial charge in [-0.25, -0.2) is 0 Å². The Morgan fingerprint density at radius 1 is 1.33 bits per heavy atom. The van der Waals surface area contributed by atoms with E-state index in [2.05, 4.69) is 22.2 Å². The first kappa shape index (κ1) is 16.5. The van der Waals surface area contributed by atoms with Crippen LogP contribution in [-0.4, -0.2) is 37.8 Å². The third-order valence-electron chi connectivity index (χ3n) is 4.14. The molecule has 0 radical (unpaired) electrons. The van der Waals surface area contributed by atoms with Gasteiger partial charge in [0.15, 0.2) is 0 Å². The molecule has 0 fully saturated rings. The van der Waals surface area contributed by atoms with E-state index in [0.29, 0.717) is 6.42 Å². The van der Waals surface area contributed by atoms with Crippen LogP contribution in [0.2, 0.25) is 0 Å². The molecule has 0 aliphatic heterocycles. The Morgan fingerprint density at radius 2 is 2.21 bits per heavy atom. The minimum Gasteiger partial charge on any atom is -0.490 e. The van der Waals surface area contributed by atoms with Gasteiger partial charge in [-0.15, -0.1) is 0 Å². The Kier molecular flexibility index (Phi) is 5.15. The van der Waals surface area contributed by atoms with E-state index in [4.69, 9.17) is 4.74 Å². The molecule has 1 aromatic carbocycles. The molecule has 6 nitrogen and oxygen atoms in total. The average Bonchev–Trinajstić information content (AvgIpc) is 3.20. The molecule has 128 valence electrons. The molecule has 2 aromatic heterocycles. The van der Waals surface area contributed by atoms with Gasteiger partial charge >= 0.3 is 0 Å². The van der Waals surface area contributed by atoms with E-state index in [0.717, 1.165) is 47.4 Å². The number of ether oxygens (including phenoxy) is 1. The molecule has 0 aliphatic rings. The first-order valence-electron chi connectivity index (χ1n) is 8.44. The van der Waals surface area contributed by atoms with Crippen LogP contribution in [0.3, 0.4) is 0 Å². The van der Waals surface area contributed by atoms with Crippen LogP contribution < -0.4 is 4.74 Å². The molecular weight excluding hydrogens is 304 g/mol. The zero-order chi connectivity index (χ0) is 16.9. The lowest BCUT2D eigenvalue weighted by Crippen LogP contribution is -2.17. The Bertz CT molecular complexity index is 793. The third-order valence-corrected chi connectivity index (χ3v) is 4.14. The highest BCUT2D eigenvalue weighted by Gasteiger charge is 2.11. The van der Waals surface area contributed by atoms with Crippen LogP contribution in [0.1, 0.15) is 31.2 Å². The van der Waals surface area contributed by atoms with Crippen molar-refractivity contribution in [3.63, 3.8) is 0 Å². The number of hydrogen-bond donors (Lipinski definition) is 2. The fraction of sp³-hybridized carbons (Fsp3) is 0.444. The van der Waals surface area contributed by atoms with Crippen LogP contribution in [-0.2, 0) is 13.0 Å². The highest BCUT2D eigenvalue weighted by atomic mass is 16.5. The van der Waals surface area contributed by atoms with Gasteiger partial charge in [-0.05, 0) is 51.3 Å². The summed E-state index contributed by atoms with van der Waals surface area (Å²) in [6.45, 7) is 5.21. The molecule has 2 heterocycles. The van der Waals surface area contributed by atoms with E-state index in [9.17, 15) is 5.11 Å². The van der Waals surface area contributed by atoms with Crippen LogP contribution in [0.4, 0.5) is 0 Å². The van der Waals surface area contributed by atoms with Gasteiger partial charge < -0.3 is 9.84 Å². The molecule has 0 saturated heterocycles. The molecule has 0 unspecified atom stereocenters. The largest absolute Gasteiger partial charge is 0.490 e. The van der Waals surface area contributed by atoms with Crippen molar-refractivity contribution < 1.29 is 9.84 Å². The van der Waals surface area contributed by atoms with E-state index < -0.39 is 6.10 Å². The zero-order valence-electron chi connectivity index (χ0n) is 14.2. The number of nitrogens with zero attached hydrogens (tertiary/aromatic N) is 3. The van der Waals surface area contributed by atoms with Gasteiger partial charge in [-0.2, -0.15) is 10.2 Å². The molecule has 0 spiro atoms. The number of rotatable bonds is 8. The average molecular weight is 328 g/mol. The molecule has 24 heavy (non-hydrogen) atoms. The third kappa shape index (κ3) is 3.76. The van der Waals surface area contributed by atoms with Gasteiger partial charge in [0.2, 0.25) is 0 Å². The number of aliphatic hydroxyl groups excluding tert-OH is 1. The molecule has 2 N–H and O–H groups in total. The van der Waals surface area contributed by atoms with Crippen LogP contribution in [0.5, 0.6) is 5.75 Å². The van der Waals surface area contributed by atoms with E-state index in [1.54, 1.807) is 0 Å². The maximum Gasteiger partial charge on any atom is 0.130 e. The SMILES string of the molecule is CCn1ccc(CCC[C@H](O)COc2cccc3n[nH]c(C)c23)n1. The maximum absolute atomic E-state index is 10.2. The van der Waals surface area contributed by atoms with Crippen molar-refractivity contribution in [1.29, 1.82) is 0 Å². The Balaban J connectivity index is 1.48. The summed E-state index contributed by atoms with van der Waals surface area (Å²) in [5, 5.41) is 22.8. The fourth-order valence-electron chi connectivity index (χ4n) is 2.81. The molecule has 3 rings (SSSR count). The first-order chi connectivity index (χ1) is 11.7. The lowest BCUT2D eigenvalue weighted by atomic mass is 10.1. The molecule has 0 aliphatic carbocycles. The number of aryl methyl sites for hydroxylation is 3. The van der Waals surface area contributed by atoms with E-state index in [1.165, 1.54) is 0 Å². The summed E-state index contributed by atoms with van der Waals surface area (Å²) < 4.78 is 7.73. The van der Waals surface area contributed by atoms with Crippen molar-refractivity contribution >= 4 is 10.9 Å². The highest BCUT2D eigenvalue weighted by molar-refractivity contribution is 5.87. The minimum atomic E-state index is -0.485. The quantitative estimate of drug-likeness (QED) is 0.667. The first-order valence-corrected chi connectivity index (χ1v) is 8.44. The maximum atomic E-state index is 10.2. The monoisotopic (exact) mass is 328 g/mol. The van der Waals surface area contributed by atoms with Crippen molar-refractivity contribution in [3.05, 3.63) is 41.9 Å². The Labute approximate surface area is 141 Å². The van der Waals surface area contributed by atoms with Crippen LogP contribution in [0, 0.1) is 6.92 Å². The molecule has 0 saturated carbocycles. The Morgan fingerprint density at radius 3 is 3.00 bits per heavy atom. The number of H-pyrrole nitrogens is 1. The summed E-state index contributed by atoms with van der Waals surface area (Å²) in [6.07, 6.45) is 3.96. The summed E-state index contributed by atoms with van der Waals surface area (Å²) in [4.78, 5) is 0. The van der Waals surface area contributed by atoms with Gasteiger partial charge in [-0.1, -0.05) is 6.07 Å². The standard InChI is InChI=1S/C18H24N4O2/c1-3-22-11-10-14(21-22)6-4-7-15(23)12-24-17-9-5-8-16-18(17)13(2)19-20-16/h5,8-11,15,23H,3-4,6-7,12H2,1-2H3,(H,19,20)/t15-/m0/s1. The number of aliphatic hydroxyl groups is 1. The van der Waals surface area contributed by atoms with Crippen molar-refractivity contribution in [3.8, 4) is 5.75 Å². The van der Waals surface area contributed by atoms with E-state index in [1.807, 2.05) is 42.1 Å². The van der Waals surface area contributed by atoms with Crippen molar-refractivity contribution in [2.24, 2.45) is 0 Å². The summed E-state index contributed by atoms with van der Waals surface area (Å²) in [7, 11) is 0. The zero-order valence-corrected chi connectivity index (χ0v) is 14.2. The van der Waals surface area contributed by atoms with Crippen molar-refractivity contribution in [2.75, 3.05) is 6.61 Å². The lowest BCUT2D eigenvalue weighted by molar-refractivity contribution is 0.0989. The molecule has 0 bridgehead atoms. The summed E-state index contributed by atoms with van der Waals surface area (Å²) >= 11 is 0. The number of aromatic nitrogens is 4. The summed E-state index contributed by atoms with van der Waals surface area (Å²) in [6, 6.07) is 7.80. The normalized spacial score (nSPS) is 12.6. The topological polar surface area (TPSA) is 76.0 Å². The lowest BCUT2D eigenvalue weighted by Gasteiger charge is -2.13. The number of nitrogens with one attached hydrogen (secondary N) is 1. The van der Waals surface area contributed by atoms with Gasteiger partial charge in [0, 0.05) is 18.4 Å². The minimum absolute atomic E-state index is 0.285. The Hall–Kier alpha value is -2.34. The summed E-state index contributed by atoms with van der Waals surface area (Å²) in [5.74, 6) is 0.763. The predicted octanol–water partition coefficient (Wildman–Crippen LogP) is 2.85. The van der Waals surface area contributed by atoms with E-state index >= 15 is 0 Å². The second kappa shape index (κ2) is 7.49. The van der Waals surface area contributed by atoms with Crippen molar-refractivity contribution in [2.45, 2.75) is 45.8 Å². The second-order valence-electron chi connectivity index (χ2n) is 6.02.